The van der Waals surface area contributed by atoms with Crippen molar-refractivity contribution in [2.75, 3.05) is 11.5 Å². The van der Waals surface area contributed by atoms with E-state index in [0.29, 0.717) is 11.5 Å². The van der Waals surface area contributed by atoms with Crippen LogP contribution in [0.5, 0.6) is 11.5 Å². The molecule has 0 saturated heterocycles. The lowest BCUT2D eigenvalue weighted by atomic mass is 9.76. The molecule has 0 spiro atoms. The number of hydrogen-bond acceptors (Lipinski definition) is 2. The Kier molecular flexibility index (Phi) is 22.6. The Morgan fingerprint density at radius 2 is 0.610 bits per heavy atom. The molecule has 0 bridgehead atoms. The van der Waals surface area contributed by atoms with Crippen LogP contribution in [0.1, 0.15) is 259 Å². The first kappa shape index (κ1) is 53.5. The minimum atomic E-state index is -0.425. The van der Waals surface area contributed by atoms with Crippen LogP contribution in [-0.4, -0.2) is 26.5 Å². The number of benzene rings is 2. The number of thiol groups is 1. The Balaban J connectivity index is 2.61. The molecule has 1 radical (unpaired) electrons. The van der Waals surface area contributed by atoms with Crippen LogP contribution in [0, 0.1) is 6.92 Å². The molecule has 2 aromatic carbocycles. The highest BCUT2D eigenvalue weighted by atomic mass is 32.2. The van der Waals surface area contributed by atoms with Crippen LogP contribution >= 0.6 is 10.9 Å². The first-order valence-corrected chi connectivity index (χ1v) is 26.5. The van der Waals surface area contributed by atoms with Crippen LogP contribution < -0.4 is 0 Å². The Morgan fingerprint density at radius 3 is 0.831 bits per heavy atom. The van der Waals surface area contributed by atoms with Gasteiger partial charge in [-0.15, -0.1) is 0 Å². The maximum Gasteiger partial charge on any atom is 0.123 e. The number of phenols is 2. The van der Waals surface area contributed by atoms with Gasteiger partial charge >= 0.3 is 0 Å². The van der Waals surface area contributed by atoms with Crippen molar-refractivity contribution in [2.24, 2.45) is 0 Å². The quantitative estimate of drug-likeness (QED) is 0.0620. The SMILES string of the molecule is [CH2]C(Cc1cc(C(C)(C)C)c(O)c(C(C)(C)C)c1)(Cc1cc(C(C)(C)C)c(O)c(C(C)(C)C)c1)[SH](CCCCCCCCCCCC)CCCCCCCCCCCC. The summed E-state index contributed by atoms with van der Waals surface area (Å²) in [6, 6.07) is 9.32. The summed E-state index contributed by atoms with van der Waals surface area (Å²) in [6.45, 7) is 36.8. The average molecular weight is 836 g/mol. The number of hydrogen-bond donors (Lipinski definition) is 3. The van der Waals surface area contributed by atoms with E-state index < -0.39 is 10.9 Å². The van der Waals surface area contributed by atoms with Gasteiger partial charge in [-0.3, -0.25) is 0 Å². The minimum Gasteiger partial charge on any atom is -0.507 e. The highest BCUT2D eigenvalue weighted by molar-refractivity contribution is 8.18. The third kappa shape index (κ3) is 18.7. The summed E-state index contributed by atoms with van der Waals surface area (Å²) >= 11 is 0. The third-order valence-electron chi connectivity index (χ3n) is 12.9. The molecule has 0 heterocycles. The maximum atomic E-state index is 11.7. The van der Waals surface area contributed by atoms with Crippen LogP contribution in [0.3, 0.4) is 0 Å². The largest absolute Gasteiger partial charge is 0.507 e. The van der Waals surface area contributed by atoms with Gasteiger partial charge in [-0.2, -0.15) is 0 Å². The smallest absolute Gasteiger partial charge is 0.123 e. The molecule has 2 nitrogen and oxygen atoms in total. The number of rotatable bonds is 27. The van der Waals surface area contributed by atoms with E-state index in [1.165, 1.54) is 151 Å². The van der Waals surface area contributed by atoms with E-state index >= 15 is 0 Å². The van der Waals surface area contributed by atoms with E-state index in [9.17, 15) is 10.2 Å². The summed E-state index contributed by atoms with van der Waals surface area (Å²) in [6.07, 6.45) is 29.0. The molecule has 0 aliphatic heterocycles. The van der Waals surface area contributed by atoms with Crippen LogP contribution in [-0.2, 0) is 34.5 Å². The van der Waals surface area contributed by atoms with Gasteiger partial charge in [0.2, 0.25) is 0 Å². The molecule has 0 aliphatic carbocycles. The molecule has 0 aromatic heterocycles. The molecule has 0 saturated carbocycles. The summed E-state index contributed by atoms with van der Waals surface area (Å²) < 4.78 is -0.184. The molecule has 2 rings (SSSR count). The summed E-state index contributed by atoms with van der Waals surface area (Å²) in [5.41, 5.74) is 6.10. The summed E-state index contributed by atoms with van der Waals surface area (Å²) in [7, 11) is -0.425. The van der Waals surface area contributed by atoms with Gasteiger partial charge in [0.1, 0.15) is 11.5 Å². The fourth-order valence-electron chi connectivity index (χ4n) is 9.09. The van der Waals surface area contributed by atoms with Crippen LogP contribution in [0.15, 0.2) is 24.3 Å². The zero-order valence-electron chi connectivity index (χ0n) is 41.8. The average Bonchev–Trinajstić information content (AvgIpc) is 3.11. The molecule has 0 amide bonds. The fraction of sp³-hybridized carbons (Fsp3) is 0.768. The molecular weight excluding hydrogens is 737 g/mol. The van der Waals surface area contributed by atoms with Gasteiger partial charge in [0, 0.05) is 4.75 Å². The second-order valence-corrected chi connectivity index (χ2v) is 25.9. The highest BCUT2D eigenvalue weighted by Crippen LogP contribution is 2.50. The lowest BCUT2D eigenvalue weighted by Gasteiger charge is -2.43. The van der Waals surface area contributed by atoms with Gasteiger partial charge in [-0.25, -0.2) is 10.9 Å². The van der Waals surface area contributed by atoms with E-state index in [1.807, 2.05) is 0 Å². The Bertz CT molecular complexity index is 1300. The van der Waals surface area contributed by atoms with Crippen molar-refractivity contribution < 1.29 is 10.2 Å². The van der Waals surface area contributed by atoms with Crippen molar-refractivity contribution in [3.8, 4) is 11.5 Å². The zero-order valence-corrected chi connectivity index (χ0v) is 42.7. The summed E-state index contributed by atoms with van der Waals surface area (Å²) in [5.74, 6) is 3.48. The first-order valence-electron chi connectivity index (χ1n) is 24.8. The van der Waals surface area contributed by atoms with Crippen LogP contribution in [0.4, 0.5) is 0 Å². The van der Waals surface area contributed by atoms with Gasteiger partial charge in [0.15, 0.2) is 0 Å². The molecule has 0 fully saturated rings. The van der Waals surface area contributed by atoms with Gasteiger partial charge in [-0.05, 0) is 99.2 Å². The fourth-order valence-corrected chi connectivity index (χ4v) is 12.3. The maximum absolute atomic E-state index is 11.7. The molecular formula is C56H99O2S. The predicted molar refractivity (Wildman–Crippen MR) is 269 cm³/mol. The van der Waals surface area contributed by atoms with Gasteiger partial charge in [0.05, 0.1) is 0 Å². The molecule has 0 aliphatic rings. The molecule has 0 atom stereocenters. The van der Waals surface area contributed by atoms with E-state index in [0.717, 1.165) is 35.1 Å². The van der Waals surface area contributed by atoms with Crippen LogP contribution in [0.2, 0.25) is 0 Å². The van der Waals surface area contributed by atoms with E-state index in [1.54, 1.807) is 0 Å². The van der Waals surface area contributed by atoms with Crippen molar-refractivity contribution >= 4 is 10.9 Å². The molecule has 59 heavy (non-hydrogen) atoms. The first-order chi connectivity index (χ1) is 27.5. The zero-order chi connectivity index (χ0) is 44.5. The molecule has 0 unspecified atom stereocenters. The van der Waals surface area contributed by atoms with E-state index in [4.69, 9.17) is 6.92 Å². The highest BCUT2D eigenvalue weighted by Gasteiger charge is 2.36. The lowest BCUT2D eigenvalue weighted by molar-refractivity contribution is 0.422. The molecule has 3 heteroatoms. The Hall–Kier alpha value is -1.61. The van der Waals surface area contributed by atoms with Gasteiger partial charge in [-0.1, -0.05) is 237 Å². The van der Waals surface area contributed by atoms with Crippen molar-refractivity contribution in [2.45, 2.75) is 265 Å². The second-order valence-electron chi connectivity index (χ2n) is 23.0. The molecule has 2 aromatic rings. The summed E-state index contributed by atoms with van der Waals surface area (Å²) in [5, 5.41) is 23.5. The Labute approximate surface area is 371 Å². The minimum absolute atomic E-state index is 0.180. The second kappa shape index (κ2) is 24.9. The normalized spacial score (nSPS) is 13.4. The number of unbranched alkanes of at least 4 members (excludes halogenated alkanes) is 18. The molecule has 2 N–H and O–H groups in total. The number of phenolic OH excluding ortho intramolecular Hbond substituents is 2. The predicted octanol–water partition coefficient (Wildman–Crippen LogP) is 17.5. The Morgan fingerprint density at radius 1 is 0.390 bits per heavy atom. The van der Waals surface area contributed by atoms with Crippen molar-refractivity contribution in [1.82, 2.24) is 0 Å². The van der Waals surface area contributed by atoms with Crippen molar-refractivity contribution in [3.63, 3.8) is 0 Å². The third-order valence-corrected chi connectivity index (χ3v) is 16.2. The van der Waals surface area contributed by atoms with Gasteiger partial charge < -0.3 is 10.2 Å². The van der Waals surface area contributed by atoms with E-state index in [2.05, 4.69) is 121 Å². The van der Waals surface area contributed by atoms with Crippen molar-refractivity contribution in [3.05, 3.63) is 64.6 Å². The van der Waals surface area contributed by atoms with Crippen molar-refractivity contribution in [1.29, 1.82) is 0 Å². The van der Waals surface area contributed by atoms with Gasteiger partial charge in [0.25, 0.3) is 0 Å². The topological polar surface area (TPSA) is 40.5 Å². The monoisotopic (exact) mass is 836 g/mol. The summed E-state index contributed by atoms with van der Waals surface area (Å²) in [4.78, 5) is 0. The standard InChI is InChI=1S/C56H99O2S/c1-16-18-20-22-24-26-28-30-32-34-36-59(37-35-33-31-29-27-25-23-21-19-17-2)56(15,42-44-38-46(52(3,4)5)50(57)47(39-44)53(6,7)8)43-45-40-48(54(9,10)11)51(58)49(41-45)55(12,13)14/h38-41,57-59H,15-37,42-43H2,1-14H3. The molecule has 341 valence electrons. The van der Waals surface area contributed by atoms with Crippen LogP contribution in [0.25, 0.3) is 0 Å². The number of aromatic hydroxyl groups is 2. The van der Waals surface area contributed by atoms with E-state index in [-0.39, 0.29) is 26.4 Å². The lowest BCUT2D eigenvalue weighted by Crippen LogP contribution is -2.34.